The second-order valence-electron chi connectivity index (χ2n) is 8.70. The lowest BCUT2D eigenvalue weighted by Gasteiger charge is -2.36. The van der Waals surface area contributed by atoms with E-state index in [9.17, 15) is 8.42 Å². The van der Waals surface area contributed by atoms with Gasteiger partial charge in [-0.05, 0) is 56.7 Å². The third kappa shape index (κ3) is 7.40. The van der Waals surface area contributed by atoms with Crippen molar-refractivity contribution in [2.75, 3.05) is 30.3 Å². The van der Waals surface area contributed by atoms with E-state index in [0.717, 1.165) is 45.4 Å². The zero-order chi connectivity index (χ0) is 20.6. The molecule has 1 aliphatic rings. The molecule has 1 heterocycles. The van der Waals surface area contributed by atoms with Crippen LogP contribution in [0.15, 0.2) is 24.3 Å². The van der Waals surface area contributed by atoms with Crippen LogP contribution in [0, 0.1) is 5.92 Å². The maximum absolute atomic E-state index is 11.8. The van der Waals surface area contributed by atoms with Gasteiger partial charge in [0, 0.05) is 18.8 Å². The highest BCUT2D eigenvalue weighted by Crippen LogP contribution is 2.22. The maximum Gasteiger partial charge on any atom is 0.152 e. The van der Waals surface area contributed by atoms with Gasteiger partial charge < -0.3 is 9.64 Å². The number of aryl methyl sites for hydroxylation is 1. The first-order valence-electron chi connectivity index (χ1n) is 11.0. The number of sulfone groups is 1. The van der Waals surface area contributed by atoms with Crippen molar-refractivity contribution in [2.45, 2.75) is 77.6 Å². The molecule has 0 N–H and O–H groups in total. The van der Waals surface area contributed by atoms with E-state index in [2.05, 4.69) is 43.0 Å². The minimum absolute atomic E-state index is 0.246. The molecule has 1 saturated heterocycles. The van der Waals surface area contributed by atoms with Gasteiger partial charge in [0.25, 0.3) is 0 Å². The Hall–Kier alpha value is -1.07. The summed E-state index contributed by atoms with van der Waals surface area (Å²) in [6.45, 7) is 10.7. The van der Waals surface area contributed by atoms with Crippen LogP contribution in [-0.4, -0.2) is 45.2 Å². The number of unbranched alkanes of at least 4 members (excludes halogenated alkanes) is 4. The summed E-state index contributed by atoms with van der Waals surface area (Å²) in [6, 6.07) is 9.00. The van der Waals surface area contributed by atoms with Crippen LogP contribution >= 0.6 is 0 Å². The normalized spacial score (nSPS) is 18.2. The smallest absolute Gasteiger partial charge is 0.152 e. The molecule has 0 spiro atoms. The fraction of sp³-hybridized carbons (Fsp3) is 0.739. The third-order valence-corrected chi connectivity index (χ3v) is 8.05. The summed E-state index contributed by atoms with van der Waals surface area (Å²) in [5, 5.41) is -0.246. The largest absolute Gasteiger partial charge is 0.374 e. The highest BCUT2D eigenvalue weighted by atomic mass is 32.2. The summed E-state index contributed by atoms with van der Waals surface area (Å²) in [5.74, 6) is 0.887. The molecule has 1 aromatic carbocycles. The second kappa shape index (κ2) is 11.2. The molecule has 1 aromatic rings. The predicted molar refractivity (Wildman–Crippen MR) is 119 cm³/mol. The maximum atomic E-state index is 11.8. The Kier molecular flexibility index (Phi) is 9.29. The molecule has 28 heavy (non-hydrogen) atoms. The lowest BCUT2D eigenvalue weighted by Crippen LogP contribution is -2.44. The van der Waals surface area contributed by atoms with Crippen molar-refractivity contribution in [2.24, 2.45) is 5.92 Å². The fourth-order valence-electron chi connectivity index (χ4n) is 3.59. The van der Waals surface area contributed by atoms with E-state index >= 15 is 0 Å². The van der Waals surface area contributed by atoms with Gasteiger partial charge in [-0.1, -0.05) is 45.2 Å². The molecular formula is C23H39NO3S. The molecule has 0 aromatic heterocycles. The molecular weight excluding hydrogens is 370 g/mol. The molecule has 0 bridgehead atoms. The van der Waals surface area contributed by atoms with Crippen LogP contribution in [0.2, 0.25) is 0 Å². The van der Waals surface area contributed by atoms with Crippen LogP contribution in [0.3, 0.4) is 0 Å². The van der Waals surface area contributed by atoms with Crippen molar-refractivity contribution in [3.05, 3.63) is 29.8 Å². The van der Waals surface area contributed by atoms with Gasteiger partial charge in [0.15, 0.2) is 9.84 Å². The van der Waals surface area contributed by atoms with E-state index in [-0.39, 0.29) is 5.25 Å². The standard InChI is InChI=1S/C23H39NO3S/c1-19(2)23-18-24(15-16-27-23)22-13-11-21(12-14-22)10-8-6-5-7-9-17-28(25,26)20(3)4/h11-14,19-20,23H,5-10,15-18H2,1-4H3/t23-/m0/s1. The molecule has 5 heteroatoms. The molecule has 160 valence electrons. The van der Waals surface area contributed by atoms with Crippen molar-refractivity contribution in [3.63, 3.8) is 0 Å². The SMILES string of the molecule is CC(C)[C@@H]1CN(c2ccc(CCCCCCCS(=O)(=O)C(C)C)cc2)CCO1. The Labute approximate surface area is 172 Å². The molecule has 1 aliphatic heterocycles. The first-order valence-corrected chi connectivity index (χ1v) is 12.7. The van der Waals surface area contributed by atoms with Crippen LogP contribution in [0.1, 0.15) is 65.4 Å². The molecule has 0 unspecified atom stereocenters. The monoisotopic (exact) mass is 409 g/mol. The fourth-order valence-corrected chi connectivity index (χ4v) is 4.66. The van der Waals surface area contributed by atoms with Gasteiger partial charge in [-0.15, -0.1) is 0 Å². The van der Waals surface area contributed by atoms with E-state index < -0.39 is 9.84 Å². The van der Waals surface area contributed by atoms with Crippen LogP contribution in [0.4, 0.5) is 5.69 Å². The number of nitrogens with zero attached hydrogens (tertiary/aromatic N) is 1. The minimum Gasteiger partial charge on any atom is -0.374 e. The zero-order valence-corrected chi connectivity index (χ0v) is 19.0. The first kappa shape index (κ1) is 23.2. The molecule has 0 amide bonds. The number of morpholine rings is 1. The van der Waals surface area contributed by atoms with Gasteiger partial charge in [-0.3, -0.25) is 0 Å². The number of hydrogen-bond donors (Lipinski definition) is 0. The van der Waals surface area contributed by atoms with Crippen molar-refractivity contribution < 1.29 is 13.2 Å². The molecule has 0 saturated carbocycles. The van der Waals surface area contributed by atoms with E-state index in [1.807, 2.05) is 0 Å². The topological polar surface area (TPSA) is 46.6 Å². The Bertz CT molecular complexity index is 668. The van der Waals surface area contributed by atoms with Gasteiger partial charge in [0.1, 0.15) is 0 Å². The predicted octanol–water partition coefficient (Wildman–Crippen LogP) is 4.86. The number of benzene rings is 1. The lowest BCUT2D eigenvalue weighted by molar-refractivity contribution is 0.0114. The Morgan fingerprint density at radius 3 is 2.29 bits per heavy atom. The molecule has 0 radical (unpaired) electrons. The van der Waals surface area contributed by atoms with Gasteiger partial charge in [-0.25, -0.2) is 8.42 Å². The Morgan fingerprint density at radius 2 is 1.64 bits per heavy atom. The van der Waals surface area contributed by atoms with Crippen molar-refractivity contribution in [3.8, 4) is 0 Å². The summed E-state index contributed by atoms with van der Waals surface area (Å²) in [7, 11) is -2.87. The Balaban J connectivity index is 1.65. The number of anilines is 1. The number of ether oxygens (including phenoxy) is 1. The average Bonchev–Trinajstić information content (AvgIpc) is 2.67. The summed E-state index contributed by atoms with van der Waals surface area (Å²) < 4.78 is 29.4. The Morgan fingerprint density at radius 1 is 1.00 bits per heavy atom. The van der Waals surface area contributed by atoms with E-state index in [1.165, 1.54) is 24.1 Å². The summed E-state index contributed by atoms with van der Waals surface area (Å²) in [4.78, 5) is 2.43. The summed E-state index contributed by atoms with van der Waals surface area (Å²) >= 11 is 0. The van der Waals surface area contributed by atoms with Gasteiger partial charge in [0.2, 0.25) is 0 Å². The van der Waals surface area contributed by atoms with E-state index in [4.69, 9.17) is 4.74 Å². The van der Waals surface area contributed by atoms with Gasteiger partial charge >= 0.3 is 0 Å². The van der Waals surface area contributed by atoms with Gasteiger partial charge in [-0.2, -0.15) is 0 Å². The molecule has 1 fully saturated rings. The van der Waals surface area contributed by atoms with Crippen LogP contribution in [0.25, 0.3) is 0 Å². The minimum atomic E-state index is -2.87. The average molecular weight is 410 g/mol. The molecule has 0 aliphatic carbocycles. The first-order chi connectivity index (χ1) is 13.3. The van der Waals surface area contributed by atoms with E-state index in [1.54, 1.807) is 13.8 Å². The highest BCUT2D eigenvalue weighted by Gasteiger charge is 2.23. The van der Waals surface area contributed by atoms with Crippen LogP contribution in [0.5, 0.6) is 0 Å². The number of hydrogen-bond acceptors (Lipinski definition) is 4. The highest BCUT2D eigenvalue weighted by molar-refractivity contribution is 7.91. The summed E-state index contributed by atoms with van der Waals surface area (Å²) in [6.07, 6.45) is 6.69. The summed E-state index contributed by atoms with van der Waals surface area (Å²) in [5.41, 5.74) is 2.68. The zero-order valence-electron chi connectivity index (χ0n) is 18.2. The van der Waals surface area contributed by atoms with Crippen LogP contribution < -0.4 is 4.90 Å². The van der Waals surface area contributed by atoms with E-state index in [0.29, 0.717) is 17.8 Å². The van der Waals surface area contributed by atoms with Crippen molar-refractivity contribution in [1.82, 2.24) is 0 Å². The van der Waals surface area contributed by atoms with Crippen molar-refractivity contribution in [1.29, 1.82) is 0 Å². The number of rotatable bonds is 11. The van der Waals surface area contributed by atoms with Crippen LogP contribution in [-0.2, 0) is 21.0 Å². The third-order valence-electron chi connectivity index (χ3n) is 5.75. The van der Waals surface area contributed by atoms with Crippen molar-refractivity contribution >= 4 is 15.5 Å². The molecule has 2 rings (SSSR count). The van der Waals surface area contributed by atoms with Gasteiger partial charge in [0.05, 0.1) is 23.7 Å². The molecule has 1 atom stereocenters. The molecule has 4 nitrogen and oxygen atoms in total. The lowest BCUT2D eigenvalue weighted by atomic mass is 10.0. The second-order valence-corrected chi connectivity index (χ2v) is 11.4. The quantitative estimate of drug-likeness (QED) is 0.490.